The van der Waals surface area contributed by atoms with E-state index in [0.717, 1.165) is 47.2 Å². The van der Waals surface area contributed by atoms with Gasteiger partial charge in [-0.3, -0.25) is 4.90 Å². The number of hydrogen-bond donors (Lipinski definition) is 4. The van der Waals surface area contributed by atoms with Gasteiger partial charge in [-0.1, -0.05) is 0 Å². The molecule has 0 aromatic heterocycles. The minimum absolute atomic E-state index is 0.0871. The molecule has 5 nitrogen and oxygen atoms in total. The summed E-state index contributed by atoms with van der Waals surface area (Å²) in [5.41, 5.74) is 5.98. The Labute approximate surface area is 140 Å². The number of benzene rings is 2. The van der Waals surface area contributed by atoms with Gasteiger partial charge in [-0.15, -0.1) is 0 Å². The summed E-state index contributed by atoms with van der Waals surface area (Å²) in [6, 6.07) is 5.44. The Morgan fingerprint density at radius 2 is 1.79 bits per heavy atom. The third kappa shape index (κ3) is 2.05. The van der Waals surface area contributed by atoms with Gasteiger partial charge in [0.2, 0.25) is 0 Å². The average molecular weight is 327 g/mol. The number of nitrogens with zero attached hydrogens (tertiary/aromatic N) is 1. The Bertz CT molecular complexity index is 831. The monoisotopic (exact) mass is 327 g/mol. The molecule has 0 bridgehead atoms. The van der Waals surface area contributed by atoms with Gasteiger partial charge in [-0.2, -0.15) is 0 Å². The zero-order valence-electron chi connectivity index (χ0n) is 13.6. The fourth-order valence-electron chi connectivity index (χ4n) is 4.18. The van der Waals surface area contributed by atoms with Gasteiger partial charge < -0.3 is 20.4 Å². The third-order valence-electron chi connectivity index (χ3n) is 5.45. The first-order valence-corrected chi connectivity index (χ1v) is 8.19. The second-order valence-corrected chi connectivity index (χ2v) is 6.73. The Balaban J connectivity index is 2.08. The van der Waals surface area contributed by atoms with E-state index in [-0.39, 0.29) is 30.8 Å². The molecule has 0 unspecified atom stereocenters. The van der Waals surface area contributed by atoms with E-state index in [4.69, 9.17) is 0 Å². The molecular formula is C19H21NO4. The van der Waals surface area contributed by atoms with Crippen LogP contribution in [0.4, 0.5) is 0 Å². The van der Waals surface area contributed by atoms with Crippen molar-refractivity contribution in [3.05, 3.63) is 46.0 Å². The van der Waals surface area contributed by atoms with E-state index in [1.807, 2.05) is 0 Å². The van der Waals surface area contributed by atoms with Gasteiger partial charge in [0, 0.05) is 23.7 Å². The zero-order valence-corrected chi connectivity index (χ0v) is 13.6. The molecule has 0 saturated heterocycles. The summed E-state index contributed by atoms with van der Waals surface area (Å²) in [4.78, 5) is 2.28. The normalized spacial score (nSPS) is 19.0. The third-order valence-corrected chi connectivity index (χ3v) is 5.45. The van der Waals surface area contributed by atoms with Crippen LogP contribution >= 0.6 is 0 Å². The summed E-state index contributed by atoms with van der Waals surface area (Å²) >= 11 is 0. The van der Waals surface area contributed by atoms with E-state index in [1.54, 1.807) is 18.2 Å². The van der Waals surface area contributed by atoms with Gasteiger partial charge in [-0.05, 0) is 65.9 Å². The average Bonchev–Trinajstić information content (AvgIpc) is 2.57. The number of rotatable bonds is 2. The maximum Gasteiger partial charge on any atom is 0.122 e. The van der Waals surface area contributed by atoms with E-state index < -0.39 is 0 Å². The second kappa shape index (κ2) is 5.48. The zero-order chi connectivity index (χ0) is 17.0. The van der Waals surface area contributed by atoms with Crippen LogP contribution in [0.5, 0.6) is 11.5 Å². The number of phenols is 2. The largest absolute Gasteiger partial charge is 0.508 e. The van der Waals surface area contributed by atoms with Gasteiger partial charge in [-0.25, -0.2) is 0 Å². The first kappa shape index (κ1) is 15.4. The van der Waals surface area contributed by atoms with Crippen LogP contribution in [0.15, 0.2) is 18.2 Å². The van der Waals surface area contributed by atoms with Crippen molar-refractivity contribution in [2.75, 3.05) is 13.6 Å². The van der Waals surface area contributed by atoms with E-state index in [2.05, 4.69) is 11.9 Å². The van der Waals surface area contributed by atoms with E-state index in [1.165, 1.54) is 0 Å². The molecule has 0 spiro atoms. The van der Waals surface area contributed by atoms with Crippen molar-refractivity contribution in [3.8, 4) is 22.6 Å². The molecule has 4 rings (SSSR count). The highest BCUT2D eigenvalue weighted by Gasteiger charge is 2.35. The molecule has 0 saturated carbocycles. The highest BCUT2D eigenvalue weighted by atomic mass is 16.3. The Kier molecular flexibility index (Phi) is 3.53. The molecule has 4 N–H and O–H groups in total. The molecule has 0 fully saturated rings. The van der Waals surface area contributed by atoms with Crippen LogP contribution in [0.2, 0.25) is 0 Å². The Hall–Kier alpha value is -2.08. The topological polar surface area (TPSA) is 84.2 Å². The molecule has 0 amide bonds. The van der Waals surface area contributed by atoms with Crippen LogP contribution in [0.25, 0.3) is 11.1 Å². The summed E-state index contributed by atoms with van der Waals surface area (Å²) in [6.07, 6.45) is 1.62. The van der Waals surface area contributed by atoms with Crippen molar-refractivity contribution < 1.29 is 20.4 Å². The van der Waals surface area contributed by atoms with E-state index in [0.29, 0.717) is 11.1 Å². The number of fused-ring (bicyclic) bond motifs is 2. The lowest BCUT2D eigenvalue weighted by molar-refractivity contribution is 0.226. The Morgan fingerprint density at radius 1 is 1.04 bits per heavy atom. The fraction of sp³-hybridized carbons (Fsp3) is 0.368. The lowest BCUT2D eigenvalue weighted by Crippen LogP contribution is -2.36. The van der Waals surface area contributed by atoms with Crippen LogP contribution in [0.3, 0.4) is 0 Å². The maximum absolute atomic E-state index is 10.4. The molecule has 1 aliphatic heterocycles. The van der Waals surface area contributed by atoms with Gasteiger partial charge in [0.15, 0.2) is 0 Å². The molecule has 1 atom stereocenters. The molecule has 5 heteroatoms. The molecule has 1 heterocycles. The smallest absolute Gasteiger partial charge is 0.122 e. The quantitative estimate of drug-likeness (QED) is 0.676. The molecule has 1 aliphatic carbocycles. The van der Waals surface area contributed by atoms with Crippen molar-refractivity contribution in [2.45, 2.75) is 32.1 Å². The van der Waals surface area contributed by atoms with Crippen LogP contribution in [0.1, 0.15) is 33.9 Å². The number of likely N-dealkylation sites (N-methyl/N-ethyl adjacent to an activating group) is 1. The van der Waals surface area contributed by atoms with Crippen LogP contribution in [0, 0.1) is 0 Å². The minimum Gasteiger partial charge on any atom is -0.508 e. The van der Waals surface area contributed by atoms with Gasteiger partial charge in [0.25, 0.3) is 0 Å². The predicted molar refractivity (Wildman–Crippen MR) is 89.8 cm³/mol. The Morgan fingerprint density at radius 3 is 2.50 bits per heavy atom. The van der Waals surface area contributed by atoms with Crippen molar-refractivity contribution in [1.82, 2.24) is 4.90 Å². The van der Waals surface area contributed by atoms with Crippen molar-refractivity contribution in [1.29, 1.82) is 0 Å². The molecule has 2 aromatic rings. The van der Waals surface area contributed by atoms with E-state index >= 15 is 0 Å². The van der Waals surface area contributed by atoms with Gasteiger partial charge >= 0.3 is 0 Å². The SMILES string of the molecule is CN1CCc2cc(O)c(CO)c3c2[C@H]1Cc1cc(O)c(CO)cc1-3. The number of hydrogen-bond acceptors (Lipinski definition) is 5. The molecular weight excluding hydrogens is 306 g/mol. The lowest BCUT2D eigenvalue weighted by atomic mass is 9.74. The number of aliphatic hydroxyl groups is 2. The summed E-state index contributed by atoms with van der Waals surface area (Å²) in [6.45, 7) is 0.405. The number of aromatic hydroxyl groups is 2. The summed E-state index contributed by atoms with van der Waals surface area (Å²) in [5.74, 6) is 0.199. The first-order chi connectivity index (χ1) is 11.5. The fourth-order valence-corrected chi connectivity index (χ4v) is 4.18. The summed E-state index contributed by atoms with van der Waals surface area (Å²) < 4.78 is 0. The highest BCUT2D eigenvalue weighted by molar-refractivity contribution is 5.81. The van der Waals surface area contributed by atoms with Crippen LogP contribution in [-0.2, 0) is 26.1 Å². The molecule has 2 aliphatic rings. The second-order valence-electron chi connectivity index (χ2n) is 6.73. The van der Waals surface area contributed by atoms with Crippen LogP contribution < -0.4 is 0 Å². The molecule has 0 radical (unpaired) electrons. The van der Waals surface area contributed by atoms with Gasteiger partial charge in [0.05, 0.1) is 13.2 Å². The standard InChI is InChI=1S/C19H21NO4/c1-20-3-2-10-6-17(24)14(9-22)19-13-4-12(8-21)16(23)7-11(13)5-15(20)18(10)19/h4,6-7,15,21-24H,2-3,5,8-9H2,1H3/t15-/m1/s1. The molecule has 126 valence electrons. The highest BCUT2D eigenvalue weighted by Crippen LogP contribution is 2.49. The lowest BCUT2D eigenvalue weighted by Gasteiger charge is -2.40. The van der Waals surface area contributed by atoms with Crippen molar-refractivity contribution in [2.24, 2.45) is 0 Å². The molecule has 2 aromatic carbocycles. The molecule has 24 heavy (non-hydrogen) atoms. The summed E-state index contributed by atoms with van der Waals surface area (Å²) in [7, 11) is 2.08. The minimum atomic E-state index is -0.252. The summed E-state index contributed by atoms with van der Waals surface area (Å²) in [5, 5.41) is 39.8. The van der Waals surface area contributed by atoms with Gasteiger partial charge in [0.1, 0.15) is 11.5 Å². The maximum atomic E-state index is 10.4. The van der Waals surface area contributed by atoms with Crippen molar-refractivity contribution >= 4 is 0 Å². The van der Waals surface area contributed by atoms with E-state index in [9.17, 15) is 20.4 Å². The predicted octanol–water partition coefficient (Wildman–Crippen LogP) is 1.83. The van der Waals surface area contributed by atoms with Crippen molar-refractivity contribution in [3.63, 3.8) is 0 Å². The number of aliphatic hydroxyl groups excluding tert-OH is 2. The first-order valence-electron chi connectivity index (χ1n) is 8.19. The van der Waals surface area contributed by atoms with Crippen LogP contribution in [-0.4, -0.2) is 38.9 Å².